The van der Waals surface area contributed by atoms with Gasteiger partial charge in [-0.1, -0.05) is 38.6 Å². The molecule has 1 aliphatic heterocycles. The van der Waals surface area contributed by atoms with Crippen molar-refractivity contribution in [1.82, 2.24) is 10.3 Å². The summed E-state index contributed by atoms with van der Waals surface area (Å²) in [6, 6.07) is 5.64. The van der Waals surface area contributed by atoms with Crippen LogP contribution >= 0.6 is 0 Å². The number of para-hydroxylation sites is 1. The van der Waals surface area contributed by atoms with Crippen LogP contribution < -0.4 is 5.32 Å². The molecule has 1 aliphatic rings. The van der Waals surface area contributed by atoms with Crippen molar-refractivity contribution in [3.63, 3.8) is 0 Å². The van der Waals surface area contributed by atoms with E-state index < -0.39 is 0 Å². The molecule has 2 aromatic rings. The van der Waals surface area contributed by atoms with Crippen molar-refractivity contribution < 1.29 is 14.6 Å². The molecular formula is C20H24N2O3. The summed E-state index contributed by atoms with van der Waals surface area (Å²) in [5.74, 6) is -0.191. The second-order valence-electron chi connectivity index (χ2n) is 5.42. The molecule has 1 amide bonds. The fourth-order valence-corrected chi connectivity index (χ4v) is 3.01. The maximum Gasteiger partial charge on any atom is 0.257 e. The van der Waals surface area contributed by atoms with Gasteiger partial charge in [0.15, 0.2) is 0 Å². The monoisotopic (exact) mass is 340 g/mol. The summed E-state index contributed by atoms with van der Waals surface area (Å²) in [5, 5.41) is 13.1. The lowest BCUT2D eigenvalue weighted by atomic mass is 9.96. The highest BCUT2D eigenvalue weighted by atomic mass is 16.5. The number of aliphatic hydroxyl groups excluding tert-OH is 1. The molecule has 0 bridgehead atoms. The predicted octanol–water partition coefficient (Wildman–Crippen LogP) is 3.63. The number of hydrogen-bond donors (Lipinski definition) is 3. The molecule has 0 unspecified atom stereocenters. The van der Waals surface area contributed by atoms with Gasteiger partial charge in [-0.3, -0.25) is 4.79 Å². The lowest BCUT2D eigenvalue weighted by Gasteiger charge is -2.06. The van der Waals surface area contributed by atoms with Crippen LogP contribution in [0.15, 0.2) is 54.1 Å². The fraction of sp³-hybridized carbons (Fsp3) is 0.250. The molecule has 3 rings (SSSR count). The molecule has 1 aromatic heterocycles. The Hall–Kier alpha value is -2.79. The molecule has 2 heterocycles. The van der Waals surface area contributed by atoms with Gasteiger partial charge in [-0.2, -0.15) is 0 Å². The molecule has 0 fully saturated rings. The molecule has 0 radical (unpaired) electrons. The van der Waals surface area contributed by atoms with E-state index in [1.165, 1.54) is 0 Å². The summed E-state index contributed by atoms with van der Waals surface area (Å²) in [7, 11) is 1.57. The van der Waals surface area contributed by atoms with Crippen LogP contribution in [0.3, 0.4) is 0 Å². The first-order chi connectivity index (χ1) is 12.1. The van der Waals surface area contributed by atoms with Gasteiger partial charge in [0, 0.05) is 34.0 Å². The third-order valence-corrected chi connectivity index (χ3v) is 3.97. The van der Waals surface area contributed by atoms with E-state index in [1.54, 1.807) is 19.6 Å². The summed E-state index contributed by atoms with van der Waals surface area (Å²) in [6.45, 7) is 9.74. The minimum absolute atomic E-state index is 0.0648. The zero-order valence-corrected chi connectivity index (χ0v) is 15.1. The summed E-state index contributed by atoms with van der Waals surface area (Å²) < 4.78 is 5.07. The average Bonchev–Trinajstić information content (AvgIpc) is 3.16. The number of nitrogens with one attached hydrogen (secondary N) is 2. The van der Waals surface area contributed by atoms with Crippen molar-refractivity contribution in [2.75, 3.05) is 7.11 Å². The minimum Gasteiger partial charge on any atom is -0.504 e. The standard InChI is InChI=1S/C18H18N2O3.C2H6/c1-10(9-23-3)15-11(2)20-18(22)16(15)14-7-19-17-12(8-21)5-4-6-13(14)17;1-2/h4-7,9,19,21H,2,8H2,1,3H3,(H,20,22);1-2H3/b10-9+;. The number of aromatic nitrogens is 1. The normalized spacial score (nSPS) is 14.5. The number of rotatable bonds is 4. The topological polar surface area (TPSA) is 74.4 Å². The zero-order valence-electron chi connectivity index (χ0n) is 15.1. The number of benzene rings is 1. The molecule has 25 heavy (non-hydrogen) atoms. The Morgan fingerprint density at radius 1 is 1.36 bits per heavy atom. The zero-order chi connectivity index (χ0) is 18.6. The SMILES string of the molecule is C=C1NC(=O)C(c2c[nH]c3c(CO)cccc23)=C1/C(C)=C/OC.CC. The summed E-state index contributed by atoms with van der Waals surface area (Å²) >= 11 is 0. The molecule has 0 saturated carbocycles. The van der Waals surface area contributed by atoms with Crippen molar-refractivity contribution >= 4 is 22.4 Å². The Labute approximate surface area is 147 Å². The average molecular weight is 340 g/mol. The number of ether oxygens (including phenoxy) is 1. The van der Waals surface area contributed by atoms with Gasteiger partial charge in [-0.25, -0.2) is 0 Å². The van der Waals surface area contributed by atoms with E-state index in [-0.39, 0.29) is 12.5 Å². The number of hydrogen-bond acceptors (Lipinski definition) is 3. The Balaban J connectivity index is 0.00000109. The fourth-order valence-electron chi connectivity index (χ4n) is 3.01. The van der Waals surface area contributed by atoms with E-state index in [1.807, 2.05) is 39.0 Å². The van der Waals surface area contributed by atoms with Gasteiger partial charge >= 0.3 is 0 Å². The second-order valence-corrected chi connectivity index (χ2v) is 5.42. The van der Waals surface area contributed by atoms with Crippen LogP contribution in [0.25, 0.3) is 16.5 Å². The number of allylic oxidation sites excluding steroid dienone is 1. The molecule has 1 aromatic carbocycles. The van der Waals surface area contributed by atoms with Gasteiger partial charge in [0.05, 0.1) is 31.1 Å². The maximum atomic E-state index is 12.4. The van der Waals surface area contributed by atoms with Crippen LogP contribution in [0, 0.1) is 0 Å². The Bertz CT molecular complexity index is 872. The molecule has 0 saturated heterocycles. The van der Waals surface area contributed by atoms with Crippen molar-refractivity contribution in [2.24, 2.45) is 0 Å². The predicted molar refractivity (Wildman–Crippen MR) is 101 cm³/mol. The van der Waals surface area contributed by atoms with Gasteiger partial charge in [-0.15, -0.1) is 0 Å². The molecule has 0 atom stereocenters. The smallest absolute Gasteiger partial charge is 0.257 e. The Morgan fingerprint density at radius 2 is 2.08 bits per heavy atom. The van der Waals surface area contributed by atoms with Crippen molar-refractivity contribution in [3.8, 4) is 0 Å². The Kier molecular flexibility index (Phi) is 5.83. The number of methoxy groups -OCH3 is 1. The van der Waals surface area contributed by atoms with Crippen LogP contribution in [0.5, 0.6) is 0 Å². The van der Waals surface area contributed by atoms with Gasteiger partial charge in [-0.05, 0) is 12.5 Å². The van der Waals surface area contributed by atoms with E-state index in [9.17, 15) is 9.90 Å². The molecule has 3 N–H and O–H groups in total. The lowest BCUT2D eigenvalue weighted by Crippen LogP contribution is -2.15. The highest BCUT2D eigenvalue weighted by Crippen LogP contribution is 2.36. The van der Waals surface area contributed by atoms with Crippen molar-refractivity contribution in [1.29, 1.82) is 0 Å². The highest BCUT2D eigenvalue weighted by Gasteiger charge is 2.30. The Morgan fingerprint density at radius 3 is 2.72 bits per heavy atom. The summed E-state index contributed by atoms with van der Waals surface area (Å²) in [4.78, 5) is 15.6. The first kappa shape index (κ1) is 18.5. The maximum absolute atomic E-state index is 12.4. The van der Waals surface area contributed by atoms with Crippen LogP contribution in [0.1, 0.15) is 31.9 Å². The van der Waals surface area contributed by atoms with Crippen molar-refractivity contribution in [3.05, 3.63) is 65.2 Å². The van der Waals surface area contributed by atoms with E-state index in [0.29, 0.717) is 11.3 Å². The largest absolute Gasteiger partial charge is 0.504 e. The summed E-state index contributed by atoms with van der Waals surface area (Å²) in [6.07, 6.45) is 3.38. The van der Waals surface area contributed by atoms with E-state index in [0.717, 1.165) is 33.2 Å². The third kappa shape index (κ3) is 3.23. The number of carbonyl (C=O) groups excluding carboxylic acids is 1. The van der Waals surface area contributed by atoms with E-state index in [2.05, 4.69) is 16.9 Å². The quantitative estimate of drug-likeness (QED) is 0.744. The van der Waals surface area contributed by atoms with Gasteiger partial charge in [0.1, 0.15) is 0 Å². The lowest BCUT2D eigenvalue weighted by molar-refractivity contribution is -0.114. The first-order valence-electron chi connectivity index (χ1n) is 8.23. The first-order valence-corrected chi connectivity index (χ1v) is 8.23. The second kappa shape index (κ2) is 7.85. The number of amides is 1. The van der Waals surface area contributed by atoms with Crippen molar-refractivity contribution in [2.45, 2.75) is 27.4 Å². The van der Waals surface area contributed by atoms with Gasteiger partial charge in [0.2, 0.25) is 0 Å². The summed E-state index contributed by atoms with van der Waals surface area (Å²) in [5.41, 5.74) is 5.08. The molecular weight excluding hydrogens is 316 g/mol. The van der Waals surface area contributed by atoms with Crippen LogP contribution in [-0.4, -0.2) is 23.1 Å². The van der Waals surface area contributed by atoms with Crippen LogP contribution in [-0.2, 0) is 16.1 Å². The molecule has 0 aliphatic carbocycles. The van der Waals surface area contributed by atoms with Crippen LogP contribution in [0.4, 0.5) is 0 Å². The molecule has 5 nitrogen and oxygen atoms in total. The van der Waals surface area contributed by atoms with E-state index in [4.69, 9.17) is 4.74 Å². The minimum atomic E-state index is -0.191. The molecule has 5 heteroatoms. The molecule has 0 spiro atoms. The number of H-pyrrole nitrogens is 1. The van der Waals surface area contributed by atoms with Gasteiger partial charge < -0.3 is 20.1 Å². The third-order valence-electron chi connectivity index (χ3n) is 3.97. The number of carbonyl (C=O) groups is 1. The van der Waals surface area contributed by atoms with Crippen LogP contribution in [0.2, 0.25) is 0 Å². The highest BCUT2D eigenvalue weighted by molar-refractivity contribution is 6.28. The van der Waals surface area contributed by atoms with E-state index >= 15 is 0 Å². The number of aromatic amines is 1. The van der Waals surface area contributed by atoms with Gasteiger partial charge in [0.25, 0.3) is 5.91 Å². The molecule has 132 valence electrons. The number of fused-ring (bicyclic) bond motifs is 1. The number of aliphatic hydroxyl groups is 1.